The molecule has 0 aliphatic carbocycles. The van der Waals surface area contributed by atoms with Gasteiger partial charge in [-0.15, -0.1) is 24.0 Å². The lowest BCUT2D eigenvalue weighted by Gasteiger charge is -2.23. The molecule has 1 aromatic rings. The van der Waals surface area contributed by atoms with E-state index in [1.54, 1.807) is 0 Å². The van der Waals surface area contributed by atoms with Crippen LogP contribution in [0.15, 0.2) is 30.3 Å². The zero-order valence-electron chi connectivity index (χ0n) is 8.61. The van der Waals surface area contributed by atoms with Crippen LogP contribution in [0.5, 0.6) is 0 Å². The van der Waals surface area contributed by atoms with Crippen LogP contribution in [0.3, 0.4) is 0 Å². The van der Waals surface area contributed by atoms with Gasteiger partial charge in [0.15, 0.2) is 0 Å². The molecule has 80 valence electrons. The van der Waals surface area contributed by atoms with Gasteiger partial charge in [-0.25, -0.2) is 0 Å². The smallest absolute Gasteiger partial charge is 0.0353 e. The van der Waals surface area contributed by atoms with Crippen molar-refractivity contribution in [1.82, 2.24) is 4.90 Å². The summed E-state index contributed by atoms with van der Waals surface area (Å²) in [6.07, 6.45) is 0.999. The number of hydrogen-bond donors (Lipinski definition) is 0. The zero-order valence-corrected chi connectivity index (χ0v) is 10.2. The summed E-state index contributed by atoms with van der Waals surface area (Å²) >= 11 is 5.76. The fraction of sp³-hybridized carbons (Fsp3) is 0.455. The molecule has 3 heteroatoms. The fourth-order valence-electron chi connectivity index (χ4n) is 1.50. The summed E-state index contributed by atoms with van der Waals surface area (Å²) in [5, 5.41) is 0. The van der Waals surface area contributed by atoms with E-state index in [4.69, 9.17) is 11.6 Å². The molecule has 0 amide bonds. The average Bonchev–Trinajstić information content (AvgIpc) is 2.15. The van der Waals surface area contributed by atoms with E-state index in [1.807, 2.05) is 6.07 Å². The maximum absolute atomic E-state index is 5.76. The Labute approximate surface area is 97.5 Å². The Morgan fingerprint density at radius 2 is 1.79 bits per heavy atom. The highest BCUT2D eigenvalue weighted by atomic mass is 35.5. The summed E-state index contributed by atoms with van der Waals surface area (Å²) in [4.78, 5) is 2.21. The van der Waals surface area contributed by atoms with Crippen LogP contribution < -0.4 is 0 Å². The van der Waals surface area contributed by atoms with Crippen molar-refractivity contribution in [3.63, 3.8) is 0 Å². The molecule has 0 fully saturated rings. The number of nitrogens with zero attached hydrogens (tertiary/aromatic N) is 1. The minimum atomic E-state index is 0. The minimum Gasteiger partial charge on any atom is -0.302 e. The first kappa shape index (κ1) is 13.8. The Hall–Kier alpha value is -0.240. The summed E-state index contributed by atoms with van der Waals surface area (Å²) < 4.78 is 0. The SMILES string of the molecule is CN(C)[C@@H](CCCl)c1ccccc1.Cl. The van der Waals surface area contributed by atoms with Crippen LogP contribution in [0.4, 0.5) is 0 Å². The summed E-state index contributed by atoms with van der Waals surface area (Å²) in [7, 11) is 4.18. The van der Waals surface area contributed by atoms with Crippen molar-refractivity contribution >= 4 is 24.0 Å². The molecule has 0 aliphatic heterocycles. The molecule has 0 unspecified atom stereocenters. The van der Waals surface area contributed by atoms with E-state index in [9.17, 15) is 0 Å². The van der Waals surface area contributed by atoms with E-state index in [-0.39, 0.29) is 12.4 Å². The van der Waals surface area contributed by atoms with Crippen molar-refractivity contribution in [1.29, 1.82) is 0 Å². The van der Waals surface area contributed by atoms with E-state index in [1.165, 1.54) is 5.56 Å². The maximum atomic E-state index is 5.76. The van der Waals surface area contributed by atoms with Crippen molar-refractivity contribution < 1.29 is 0 Å². The third-order valence-electron chi connectivity index (χ3n) is 2.19. The molecule has 0 N–H and O–H groups in total. The van der Waals surface area contributed by atoms with Crippen molar-refractivity contribution in [3.8, 4) is 0 Å². The van der Waals surface area contributed by atoms with Gasteiger partial charge in [0.1, 0.15) is 0 Å². The first-order valence-corrected chi connectivity index (χ1v) is 5.06. The molecular weight excluding hydrogens is 217 g/mol. The van der Waals surface area contributed by atoms with Gasteiger partial charge in [0.2, 0.25) is 0 Å². The molecule has 0 saturated heterocycles. The average molecular weight is 234 g/mol. The molecule has 1 atom stereocenters. The molecule has 0 bridgehead atoms. The Bertz CT molecular complexity index is 236. The first-order valence-electron chi connectivity index (χ1n) is 4.53. The molecule has 1 aromatic carbocycles. The van der Waals surface area contributed by atoms with Gasteiger partial charge in [-0.3, -0.25) is 0 Å². The molecule has 0 spiro atoms. The van der Waals surface area contributed by atoms with Gasteiger partial charge in [-0.1, -0.05) is 30.3 Å². The maximum Gasteiger partial charge on any atom is 0.0353 e. The van der Waals surface area contributed by atoms with E-state index < -0.39 is 0 Å². The standard InChI is InChI=1S/C11H16ClN.ClH/c1-13(2)11(8-9-12)10-6-4-3-5-7-10;/h3-7,11H,8-9H2,1-2H3;1H/t11-;/m0./s1. The number of benzene rings is 1. The minimum absolute atomic E-state index is 0. The van der Waals surface area contributed by atoms with E-state index in [2.05, 4.69) is 43.3 Å². The monoisotopic (exact) mass is 233 g/mol. The number of rotatable bonds is 4. The van der Waals surface area contributed by atoms with Gasteiger partial charge in [-0.05, 0) is 26.1 Å². The predicted octanol–water partition coefficient (Wildman–Crippen LogP) is 3.34. The Balaban J connectivity index is 0.00000169. The summed E-state index contributed by atoms with van der Waals surface area (Å²) in [6, 6.07) is 10.9. The highest BCUT2D eigenvalue weighted by Crippen LogP contribution is 2.21. The van der Waals surface area contributed by atoms with Crippen molar-refractivity contribution in [3.05, 3.63) is 35.9 Å². The third-order valence-corrected chi connectivity index (χ3v) is 2.41. The van der Waals surface area contributed by atoms with Crippen LogP contribution >= 0.6 is 24.0 Å². The van der Waals surface area contributed by atoms with Gasteiger partial charge < -0.3 is 4.90 Å². The van der Waals surface area contributed by atoms with Crippen LogP contribution in [0, 0.1) is 0 Å². The predicted molar refractivity (Wildman–Crippen MR) is 65.5 cm³/mol. The van der Waals surface area contributed by atoms with Gasteiger partial charge >= 0.3 is 0 Å². The summed E-state index contributed by atoms with van der Waals surface area (Å²) in [5.41, 5.74) is 1.34. The van der Waals surface area contributed by atoms with Gasteiger partial charge in [0, 0.05) is 11.9 Å². The fourth-order valence-corrected chi connectivity index (χ4v) is 1.71. The van der Waals surface area contributed by atoms with Crippen LogP contribution in [0.25, 0.3) is 0 Å². The molecule has 0 heterocycles. The van der Waals surface area contributed by atoms with E-state index >= 15 is 0 Å². The topological polar surface area (TPSA) is 3.24 Å². The van der Waals surface area contributed by atoms with E-state index in [0.717, 1.165) is 6.42 Å². The summed E-state index contributed by atoms with van der Waals surface area (Å²) in [6.45, 7) is 0. The number of hydrogen-bond acceptors (Lipinski definition) is 1. The van der Waals surface area contributed by atoms with E-state index in [0.29, 0.717) is 11.9 Å². The lowest BCUT2D eigenvalue weighted by molar-refractivity contribution is 0.293. The Morgan fingerprint density at radius 3 is 2.21 bits per heavy atom. The molecule has 1 rings (SSSR count). The molecule has 0 radical (unpaired) electrons. The summed E-state index contributed by atoms with van der Waals surface area (Å²) in [5.74, 6) is 0.706. The van der Waals surface area contributed by atoms with Crippen LogP contribution in [0.2, 0.25) is 0 Å². The lowest BCUT2D eigenvalue weighted by atomic mass is 10.0. The van der Waals surface area contributed by atoms with Crippen molar-refractivity contribution in [2.24, 2.45) is 0 Å². The normalized spacial score (nSPS) is 12.3. The highest BCUT2D eigenvalue weighted by Gasteiger charge is 2.11. The van der Waals surface area contributed by atoms with Crippen molar-refractivity contribution in [2.45, 2.75) is 12.5 Å². The Kier molecular flexibility index (Phi) is 6.98. The second-order valence-corrected chi connectivity index (χ2v) is 3.75. The van der Waals surface area contributed by atoms with Crippen molar-refractivity contribution in [2.75, 3.05) is 20.0 Å². The molecule has 0 saturated carbocycles. The molecule has 1 nitrogen and oxygen atoms in total. The largest absolute Gasteiger partial charge is 0.302 e. The first-order chi connectivity index (χ1) is 6.25. The molecular formula is C11H17Cl2N. The van der Waals surface area contributed by atoms with Crippen LogP contribution in [0.1, 0.15) is 18.0 Å². The number of alkyl halides is 1. The van der Waals surface area contributed by atoms with Gasteiger partial charge in [0.05, 0.1) is 0 Å². The van der Waals surface area contributed by atoms with Gasteiger partial charge in [-0.2, -0.15) is 0 Å². The van der Waals surface area contributed by atoms with Gasteiger partial charge in [0.25, 0.3) is 0 Å². The van der Waals surface area contributed by atoms with Crippen LogP contribution in [-0.2, 0) is 0 Å². The number of halogens is 2. The second kappa shape index (κ2) is 7.10. The van der Waals surface area contributed by atoms with Crippen LogP contribution in [-0.4, -0.2) is 24.9 Å². The second-order valence-electron chi connectivity index (χ2n) is 3.37. The lowest BCUT2D eigenvalue weighted by Crippen LogP contribution is -2.20. The molecule has 14 heavy (non-hydrogen) atoms. The zero-order chi connectivity index (χ0) is 9.68. The Morgan fingerprint density at radius 1 is 1.21 bits per heavy atom. The third kappa shape index (κ3) is 3.87. The molecule has 0 aliphatic rings. The quantitative estimate of drug-likeness (QED) is 0.722. The molecule has 0 aromatic heterocycles. The highest BCUT2D eigenvalue weighted by molar-refractivity contribution is 6.17.